The summed E-state index contributed by atoms with van der Waals surface area (Å²) in [7, 11) is 0. The van der Waals surface area contributed by atoms with E-state index in [-0.39, 0.29) is 18.9 Å². The van der Waals surface area contributed by atoms with Gasteiger partial charge in [-0.25, -0.2) is 4.79 Å². The second-order valence-corrected chi connectivity index (χ2v) is 7.84. The summed E-state index contributed by atoms with van der Waals surface area (Å²) in [4.78, 5) is 29.1. The van der Waals surface area contributed by atoms with Crippen molar-refractivity contribution < 1.29 is 19.1 Å². The molecule has 1 aromatic carbocycles. The largest absolute Gasteiger partial charge is 0.489 e. The second-order valence-electron chi connectivity index (χ2n) is 7.84. The number of fused-ring (bicyclic) bond motifs is 1. The fourth-order valence-electron chi connectivity index (χ4n) is 3.71. The van der Waals surface area contributed by atoms with Gasteiger partial charge in [0.2, 0.25) is 5.91 Å². The van der Waals surface area contributed by atoms with Crippen LogP contribution in [0.1, 0.15) is 24.5 Å². The molecule has 1 aromatic heterocycles. The molecular weight excluding hydrogens is 384 g/mol. The van der Waals surface area contributed by atoms with Crippen molar-refractivity contribution in [2.24, 2.45) is 0 Å². The van der Waals surface area contributed by atoms with Crippen molar-refractivity contribution in [3.8, 4) is 5.75 Å². The summed E-state index contributed by atoms with van der Waals surface area (Å²) in [6, 6.07) is 5.44. The maximum absolute atomic E-state index is 12.6. The maximum atomic E-state index is 12.6. The zero-order valence-electron chi connectivity index (χ0n) is 17.8. The number of β-amino-alcohol motifs (C(OH)–C–C–N with tert-alkyl or cyclic N) is 1. The number of piperazine rings is 1. The summed E-state index contributed by atoms with van der Waals surface area (Å²) in [5.41, 5.74) is 2.37. The Morgan fingerprint density at radius 2 is 2.00 bits per heavy atom. The molecule has 7 heteroatoms. The van der Waals surface area contributed by atoms with Crippen molar-refractivity contribution in [3.05, 3.63) is 51.9 Å². The summed E-state index contributed by atoms with van der Waals surface area (Å²) in [6.45, 7) is 11.6. The Bertz CT molecular complexity index is 973. The Labute approximate surface area is 176 Å². The highest BCUT2D eigenvalue weighted by atomic mass is 16.5. The van der Waals surface area contributed by atoms with Gasteiger partial charge in [0, 0.05) is 56.2 Å². The number of rotatable bonds is 8. The molecular formula is C23H30N2O5. The van der Waals surface area contributed by atoms with Crippen LogP contribution < -0.4 is 10.4 Å². The van der Waals surface area contributed by atoms with E-state index in [1.54, 1.807) is 6.07 Å². The molecule has 1 amide bonds. The van der Waals surface area contributed by atoms with E-state index >= 15 is 0 Å². The molecule has 1 N–H and O–H groups in total. The highest BCUT2D eigenvalue weighted by molar-refractivity contribution is 5.82. The van der Waals surface area contributed by atoms with Gasteiger partial charge < -0.3 is 19.2 Å². The number of hydrogen-bond donors (Lipinski definition) is 1. The van der Waals surface area contributed by atoms with Crippen molar-refractivity contribution in [1.82, 2.24) is 9.80 Å². The van der Waals surface area contributed by atoms with Gasteiger partial charge in [-0.05, 0) is 43.5 Å². The third-order valence-corrected chi connectivity index (χ3v) is 5.47. The van der Waals surface area contributed by atoms with Gasteiger partial charge in [0.25, 0.3) is 0 Å². The molecule has 1 aliphatic heterocycles. The quantitative estimate of drug-likeness (QED) is 0.526. The van der Waals surface area contributed by atoms with E-state index in [0.717, 1.165) is 29.6 Å². The molecule has 7 nitrogen and oxygen atoms in total. The number of amides is 1. The Balaban J connectivity index is 1.67. The first-order valence-electron chi connectivity index (χ1n) is 10.3. The monoisotopic (exact) mass is 414 g/mol. The fourth-order valence-corrected chi connectivity index (χ4v) is 3.71. The van der Waals surface area contributed by atoms with Crippen LogP contribution in [0.4, 0.5) is 0 Å². The molecule has 2 heterocycles. The van der Waals surface area contributed by atoms with Gasteiger partial charge in [-0.15, -0.1) is 0 Å². The number of ether oxygens (including phenoxy) is 1. The SMILES string of the molecule is C=C(C)COc1ccc2c(C)c(CCC(=O)N3CCN(CCO)CC3)c(=O)oc2c1. The third-order valence-electron chi connectivity index (χ3n) is 5.47. The van der Waals surface area contributed by atoms with Crippen LogP contribution >= 0.6 is 0 Å². The molecule has 0 atom stereocenters. The maximum Gasteiger partial charge on any atom is 0.339 e. The molecule has 1 aliphatic rings. The van der Waals surface area contributed by atoms with Crippen molar-refractivity contribution in [2.45, 2.75) is 26.7 Å². The van der Waals surface area contributed by atoms with Crippen LogP contribution in [-0.4, -0.2) is 66.8 Å². The predicted octanol–water partition coefficient (Wildman–Crippen LogP) is 2.13. The van der Waals surface area contributed by atoms with Crippen molar-refractivity contribution in [1.29, 1.82) is 0 Å². The molecule has 0 bridgehead atoms. The molecule has 0 aliphatic carbocycles. The van der Waals surface area contributed by atoms with E-state index in [9.17, 15) is 9.59 Å². The molecule has 1 fully saturated rings. The van der Waals surface area contributed by atoms with Crippen LogP contribution in [0.2, 0.25) is 0 Å². The number of carbonyl (C=O) groups is 1. The normalized spacial score (nSPS) is 14.8. The first-order valence-corrected chi connectivity index (χ1v) is 10.3. The van der Waals surface area contributed by atoms with Gasteiger partial charge in [-0.3, -0.25) is 9.69 Å². The predicted molar refractivity (Wildman–Crippen MR) is 116 cm³/mol. The summed E-state index contributed by atoms with van der Waals surface area (Å²) in [5.74, 6) is 0.664. The van der Waals surface area contributed by atoms with Crippen LogP contribution in [0, 0.1) is 6.92 Å². The lowest BCUT2D eigenvalue weighted by Crippen LogP contribution is -2.49. The van der Waals surface area contributed by atoms with Gasteiger partial charge >= 0.3 is 5.63 Å². The molecule has 1 saturated heterocycles. The van der Waals surface area contributed by atoms with Gasteiger partial charge in [0.15, 0.2) is 0 Å². The summed E-state index contributed by atoms with van der Waals surface area (Å²) in [6.07, 6.45) is 0.630. The molecule has 162 valence electrons. The van der Waals surface area contributed by atoms with E-state index in [1.807, 2.05) is 30.9 Å². The molecule has 0 spiro atoms. The van der Waals surface area contributed by atoms with Crippen LogP contribution in [0.25, 0.3) is 11.0 Å². The first kappa shape index (κ1) is 22.1. The number of carbonyl (C=O) groups excluding carboxylic acids is 1. The molecule has 0 saturated carbocycles. The van der Waals surface area contributed by atoms with E-state index in [4.69, 9.17) is 14.3 Å². The standard InChI is InChI=1S/C23H30N2O5/c1-16(2)15-29-18-4-5-19-17(3)20(23(28)30-21(19)14-18)6-7-22(27)25-10-8-24(9-11-25)12-13-26/h4-5,14,26H,1,6-13,15H2,2-3H3. The molecule has 0 radical (unpaired) electrons. The zero-order chi connectivity index (χ0) is 21.7. The highest BCUT2D eigenvalue weighted by Crippen LogP contribution is 2.25. The minimum Gasteiger partial charge on any atom is -0.489 e. The lowest BCUT2D eigenvalue weighted by Gasteiger charge is -2.34. The summed E-state index contributed by atoms with van der Waals surface area (Å²) >= 11 is 0. The van der Waals surface area contributed by atoms with Crippen LogP contribution in [-0.2, 0) is 11.2 Å². The van der Waals surface area contributed by atoms with Gasteiger partial charge in [-0.2, -0.15) is 0 Å². The Kier molecular flexibility index (Phi) is 7.29. The lowest BCUT2D eigenvalue weighted by molar-refractivity contribution is -0.132. The average molecular weight is 415 g/mol. The number of aryl methyl sites for hydroxylation is 1. The zero-order valence-corrected chi connectivity index (χ0v) is 17.8. The van der Waals surface area contributed by atoms with Gasteiger partial charge in [-0.1, -0.05) is 6.58 Å². The van der Waals surface area contributed by atoms with Gasteiger partial charge in [0.1, 0.15) is 17.9 Å². The second kappa shape index (κ2) is 9.91. The summed E-state index contributed by atoms with van der Waals surface area (Å²) < 4.78 is 11.2. The smallest absolute Gasteiger partial charge is 0.339 e. The van der Waals surface area contributed by atoms with E-state index in [1.165, 1.54) is 0 Å². The molecule has 30 heavy (non-hydrogen) atoms. The number of nitrogens with zero attached hydrogens (tertiary/aromatic N) is 2. The molecule has 3 rings (SSSR count). The Morgan fingerprint density at radius 3 is 2.67 bits per heavy atom. The third kappa shape index (κ3) is 5.29. The highest BCUT2D eigenvalue weighted by Gasteiger charge is 2.21. The number of hydrogen-bond acceptors (Lipinski definition) is 6. The van der Waals surface area contributed by atoms with Crippen molar-refractivity contribution in [2.75, 3.05) is 45.9 Å². The molecule has 0 unspecified atom stereocenters. The fraction of sp³-hybridized carbons (Fsp3) is 0.478. The number of aliphatic hydroxyl groups excluding tert-OH is 1. The average Bonchev–Trinajstić information content (AvgIpc) is 2.72. The van der Waals surface area contributed by atoms with Crippen molar-refractivity contribution in [3.63, 3.8) is 0 Å². The minimum absolute atomic E-state index is 0.0427. The summed E-state index contributed by atoms with van der Waals surface area (Å²) in [5, 5.41) is 9.87. The number of benzene rings is 1. The lowest BCUT2D eigenvalue weighted by atomic mass is 10.0. The molecule has 2 aromatic rings. The first-order chi connectivity index (χ1) is 14.4. The van der Waals surface area contributed by atoms with Crippen LogP contribution in [0.15, 0.2) is 39.6 Å². The minimum atomic E-state index is -0.405. The van der Waals surface area contributed by atoms with E-state index in [0.29, 0.717) is 49.6 Å². The van der Waals surface area contributed by atoms with Crippen molar-refractivity contribution >= 4 is 16.9 Å². The topological polar surface area (TPSA) is 83.2 Å². The Morgan fingerprint density at radius 1 is 1.27 bits per heavy atom. The van der Waals surface area contributed by atoms with E-state index < -0.39 is 5.63 Å². The van der Waals surface area contributed by atoms with Crippen LogP contribution in [0.5, 0.6) is 5.75 Å². The Hall–Kier alpha value is -2.64. The van der Waals surface area contributed by atoms with Gasteiger partial charge in [0.05, 0.1) is 6.61 Å². The van der Waals surface area contributed by atoms with Crippen LogP contribution in [0.3, 0.4) is 0 Å². The number of aliphatic hydroxyl groups is 1. The van der Waals surface area contributed by atoms with E-state index in [2.05, 4.69) is 11.5 Å².